The van der Waals surface area contributed by atoms with Crippen molar-refractivity contribution >= 4 is 6.09 Å². The molecule has 1 heterocycles. The number of nitrogens with one attached hydrogen (secondary N) is 1. The lowest BCUT2D eigenvalue weighted by atomic mass is 9.75. The van der Waals surface area contributed by atoms with Crippen molar-refractivity contribution in [2.45, 2.75) is 71.4 Å². The van der Waals surface area contributed by atoms with Crippen molar-refractivity contribution in [2.75, 3.05) is 33.4 Å². The lowest BCUT2D eigenvalue weighted by Gasteiger charge is -2.40. The standard InChI is InChI=1S/C19H36N2O3/c1-15(14-21(5)17(22)24-18(2,3)4)13-20-16-7-6-8-19(16)9-11-23-12-10-19/h15-16,20H,6-14H2,1-5H3. The molecule has 0 radical (unpaired) electrons. The van der Waals surface area contributed by atoms with Gasteiger partial charge in [-0.25, -0.2) is 4.79 Å². The molecule has 2 aliphatic rings. The van der Waals surface area contributed by atoms with Crippen LogP contribution in [-0.2, 0) is 9.47 Å². The van der Waals surface area contributed by atoms with Crippen LogP contribution in [0.25, 0.3) is 0 Å². The first kappa shape index (κ1) is 19.5. The highest BCUT2D eigenvalue weighted by atomic mass is 16.6. The zero-order chi connectivity index (χ0) is 17.8. The van der Waals surface area contributed by atoms with Gasteiger partial charge in [-0.1, -0.05) is 13.3 Å². The SMILES string of the molecule is CC(CNC1CCCC12CCOCC2)CN(C)C(=O)OC(C)(C)C. The molecule has 2 unspecified atom stereocenters. The molecule has 1 spiro atoms. The van der Waals surface area contributed by atoms with E-state index in [1.807, 2.05) is 27.8 Å². The van der Waals surface area contributed by atoms with E-state index < -0.39 is 5.60 Å². The van der Waals surface area contributed by atoms with E-state index in [9.17, 15) is 4.79 Å². The van der Waals surface area contributed by atoms with Gasteiger partial charge in [0.25, 0.3) is 0 Å². The second-order valence-corrected chi connectivity index (χ2v) is 8.79. The number of hydrogen-bond donors (Lipinski definition) is 1. The molecule has 0 bridgehead atoms. The van der Waals surface area contributed by atoms with Gasteiger partial charge >= 0.3 is 6.09 Å². The van der Waals surface area contributed by atoms with Gasteiger partial charge in [-0.15, -0.1) is 0 Å². The van der Waals surface area contributed by atoms with Gasteiger partial charge in [0.15, 0.2) is 0 Å². The summed E-state index contributed by atoms with van der Waals surface area (Å²) in [6.07, 6.45) is 6.07. The second kappa shape index (κ2) is 8.05. The maximum Gasteiger partial charge on any atom is 0.410 e. The Kier molecular flexibility index (Phi) is 6.54. The number of carbonyl (C=O) groups excluding carboxylic acids is 1. The number of amides is 1. The smallest absolute Gasteiger partial charge is 0.410 e. The number of carbonyl (C=O) groups is 1. The van der Waals surface area contributed by atoms with Gasteiger partial charge in [-0.05, 0) is 64.3 Å². The Morgan fingerprint density at radius 1 is 1.33 bits per heavy atom. The Balaban J connectivity index is 1.76. The maximum atomic E-state index is 12.1. The summed E-state index contributed by atoms with van der Waals surface area (Å²) >= 11 is 0. The Morgan fingerprint density at radius 3 is 2.62 bits per heavy atom. The molecule has 0 aromatic heterocycles. The average Bonchev–Trinajstić information content (AvgIpc) is 2.86. The quantitative estimate of drug-likeness (QED) is 0.833. The Morgan fingerprint density at radius 2 is 2.00 bits per heavy atom. The molecule has 1 saturated carbocycles. The summed E-state index contributed by atoms with van der Waals surface area (Å²) in [5, 5.41) is 3.80. The van der Waals surface area contributed by atoms with Crippen LogP contribution >= 0.6 is 0 Å². The Hall–Kier alpha value is -0.810. The topological polar surface area (TPSA) is 50.8 Å². The fourth-order valence-electron chi connectivity index (χ4n) is 4.12. The van der Waals surface area contributed by atoms with Crippen molar-refractivity contribution in [1.82, 2.24) is 10.2 Å². The van der Waals surface area contributed by atoms with Crippen LogP contribution < -0.4 is 5.32 Å². The van der Waals surface area contributed by atoms with Gasteiger partial charge in [-0.3, -0.25) is 0 Å². The normalized spacial score (nSPS) is 24.8. The predicted octanol–water partition coefficient (Wildman–Crippen LogP) is 3.43. The first-order chi connectivity index (χ1) is 11.2. The molecule has 1 saturated heterocycles. The fourth-order valence-corrected chi connectivity index (χ4v) is 4.12. The molecule has 0 aromatic rings. The van der Waals surface area contributed by atoms with E-state index in [-0.39, 0.29) is 6.09 Å². The van der Waals surface area contributed by atoms with Crippen molar-refractivity contribution in [1.29, 1.82) is 0 Å². The van der Waals surface area contributed by atoms with Gasteiger partial charge < -0.3 is 19.7 Å². The van der Waals surface area contributed by atoms with Crippen LogP contribution in [0.15, 0.2) is 0 Å². The second-order valence-electron chi connectivity index (χ2n) is 8.79. The van der Waals surface area contributed by atoms with Gasteiger partial charge in [0, 0.05) is 32.8 Å². The first-order valence-corrected chi connectivity index (χ1v) is 9.47. The minimum absolute atomic E-state index is 0.240. The van der Waals surface area contributed by atoms with Crippen LogP contribution in [0.2, 0.25) is 0 Å². The number of ether oxygens (including phenoxy) is 2. The predicted molar refractivity (Wildman–Crippen MR) is 96.2 cm³/mol. The van der Waals surface area contributed by atoms with E-state index in [4.69, 9.17) is 9.47 Å². The minimum atomic E-state index is -0.438. The monoisotopic (exact) mass is 340 g/mol. The van der Waals surface area contributed by atoms with Gasteiger partial charge in [0.05, 0.1) is 0 Å². The summed E-state index contributed by atoms with van der Waals surface area (Å²) in [6.45, 7) is 11.4. The summed E-state index contributed by atoms with van der Waals surface area (Å²) < 4.78 is 11.0. The third kappa shape index (κ3) is 5.35. The van der Waals surface area contributed by atoms with Crippen molar-refractivity contribution < 1.29 is 14.3 Å². The van der Waals surface area contributed by atoms with E-state index in [2.05, 4.69) is 12.2 Å². The van der Waals surface area contributed by atoms with Crippen LogP contribution in [-0.4, -0.2) is 56.0 Å². The largest absolute Gasteiger partial charge is 0.444 e. The molecule has 1 aliphatic heterocycles. The van der Waals surface area contributed by atoms with E-state index >= 15 is 0 Å². The van der Waals surface area contributed by atoms with Crippen molar-refractivity contribution in [3.8, 4) is 0 Å². The molecule has 140 valence electrons. The highest BCUT2D eigenvalue weighted by Crippen LogP contribution is 2.45. The number of nitrogens with zero attached hydrogens (tertiary/aromatic N) is 1. The molecule has 24 heavy (non-hydrogen) atoms. The number of rotatable bonds is 5. The van der Waals surface area contributed by atoms with Crippen LogP contribution in [0.3, 0.4) is 0 Å². The van der Waals surface area contributed by atoms with Crippen LogP contribution in [0.4, 0.5) is 4.79 Å². The van der Waals surface area contributed by atoms with Crippen LogP contribution in [0, 0.1) is 11.3 Å². The molecule has 0 aromatic carbocycles. The molecular formula is C19H36N2O3. The molecular weight excluding hydrogens is 304 g/mol. The van der Waals surface area contributed by atoms with Gasteiger partial charge in [-0.2, -0.15) is 0 Å². The van der Waals surface area contributed by atoms with Crippen LogP contribution in [0.5, 0.6) is 0 Å². The first-order valence-electron chi connectivity index (χ1n) is 9.47. The van der Waals surface area contributed by atoms with Gasteiger partial charge in [0.1, 0.15) is 5.60 Å². The third-order valence-corrected chi connectivity index (χ3v) is 5.40. The molecule has 2 atom stereocenters. The summed E-state index contributed by atoms with van der Waals surface area (Å²) in [6, 6.07) is 0.607. The Bertz CT molecular complexity index is 413. The van der Waals surface area contributed by atoms with Crippen molar-refractivity contribution in [3.63, 3.8) is 0 Å². The highest BCUT2D eigenvalue weighted by Gasteiger charge is 2.43. The molecule has 1 N–H and O–H groups in total. The summed E-state index contributed by atoms with van der Waals surface area (Å²) in [5.41, 5.74) is 0.0150. The third-order valence-electron chi connectivity index (χ3n) is 5.40. The minimum Gasteiger partial charge on any atom is -0.444 e. The fraction of sp³-hybridized carbons (Fsp3) is 0.947. The molecule has 2 rings (SSSR count). The van der Waals surface area contributed by atoms with Crippen LogP contribution in [0.1, 0.15) is 59.8 Å². The Labute approximate surface area is 147 Å². The van der Waals surface area contributed by atoms with E-state index in [0.29, 0.717) is 23.9 Å². The van der Waals surface area contributed by atoms with Crippen molar-refractivity contribution in [2.24, 2.45) is 11.3 Å². The van der Waals surface area contributed by atoms with Crippen molar-refractivity contribution in [3.05, 3.63) is 0 Å². The van der Waals surface area contributed by atoms with E-state index in [0.717, 1.165) is 19.8 Å². The average molecular weight is 341 g/mol. The lowest BCUT2D eigenvalue weighted by molar-refractivity contribution is 0.00341. The molecule has 5 heteroatoms. The lowest BCUT2D eigenvalue weighted by Crippen LogP contribution is -2.47. The van der Waals surface area contributed by atoms with E-state index in [1.54, 1.807) is 4.90 Å². The maximum absolute atomic E-state index is 12.1. The number of hydrogen-bond acceptors (Lipinski definition) is 4. The van der Waals surface area contributed by atoms with E-state index in [1.165, 1.54) is 32.1 Å². The zero-order valence-corrected chi connectivity index (χ0v) is 16.2. The summed E-state index contributed by atoms with van der Waals surface area (Å²) in [4.78, 5) is 13.8. The summed E-state index contributed by atoms with van der Waals surface area (Å²) in [5.74, 6) is 0.403. The molecule has 1 aliphatic carbocycles. The molecule has 5 nitrogen and oxygen atoms in total. The van der Waals surface area contributed by atoms with Gasteiger partial charge in [0.2, 0.25) is 0 Å². The highest BCUT2D eigenvalue weighted by molar-refractivity contribution is 5.67. The molecule has 2 fully saturated rings. The molecule has 1 amide bonds. The zero-order valence-electron chi connectivity index (χ0n) is 16.2. The summed E-state index contributed by atoms with van der Waals surface area (Å²) in [7, 11) is 1.82.